The lowest BCUT2D eigenvalue weighted by Crippen LogP contribution is -2.40. The number of nitrogens with zero attached hydrogens (tertiary/aromatic N) is 1. The summed E-state index contributed by atoms with van der Waals surface area (Å²) < 4.78 is 0. The van der Waals surface area contributed by atoms with E-state index in [1.54, 1.807) is 17.8 Å². The molecule has 0 bridgehead atoms. The SMILES string of the molecule is C=CCNC(=NCC1(O)CCSC1)NCC.I. The maximum Gasteiger partial charge on any atom is 0.191 e. The van der Waals surface area contributed by atoms with Gasteiger partial charge in [0.15, 0.2) is 5.96 Å². The Kier molecular flexibility index (Phi) is 9.07. The van der Waals surface area contributed by atoms with Crippen LogP contribution in [0.2, 0.25) is 0 Å². The van der Waals surface area contributed by atoms with E-state index in [2.05, 4.69) is 22.2 Å². The molecule has 0 aromatic carbocycles. The molecule has 6 heteroatoms. The molecule has 0 amide bonds. The van der Waals surface area contributed by atoms with Crippen LogP contribution in [0.3, 0.4) is 0 Å². The molecule has 3 N–H and O–H groups in total. The van der Waals surface area contributed by atoms with Gasteiger partial charge in [0.05, 0.1) is 12.1 Å². The van der Waals surface area contributed by atoms with E-state index in [0.717, 1.165) is 30.4 Å². The minimum Gasteiger partial charge on any atom is -0.387 e. The number of hydrogen-bond donors (Lipinski definition) is 3. The number of thioether (sulfide) groups is 1. The predicted octanol–water partition coefficient (Wildman–Crippen LogP) is 1.21. The first-order valence-electron chi connectivity index (χ1n) is 5.63. The Morgan fingerprint density at radius 1 is 1.59 bits per heavy atom. The zero-order valence-corrected chi connectivity index (χ0v) is 13.4. The van der Waals surface area contributed by atoms with Crippen LogP contribution in [0, 0.1) is 0 Å². The number of hydrogen-bond acceptors (Lipinski definition) is 3. The maximum atomic E-state index is 10.1. The van der Waals surface area contributed by atoms with Gasteiger partial charge in [-0.25, -0.2) is 0 Å². The van der Waals surface area contributed by atoms with Crippen LogP contribution in [0.15, 0.2) is 17.6 Å². The molecule has 17 heavy (non-hydrogen) atoms. The van der Waals surface area contributed by atoms with Crippen LogP contribution >= 0.6 is 35.7 Å². The predicted molar refractivity (Wildman–Crippen MR) is 86.5 cm³/mol. The standard InChI is InChI=1S/C11H21N3OS.HI/c1-3-6-13-10(12-4-2)14-8-11(15)5-7-16-9-11;/h3,15H,1,4-9H2,2H3,(H2,12,13,14);1H. The first kappa shape index (κ1) is 17.1. The van der Waals surface area contributed by atoms with Crippen molar-refractivity contribution in [2.45, 2.75) is 18.9 Å². The third-order valence-electron chi connectivity index (χ3n) is 2.37. The Hall–Kier alpha value is 0.0500. The lowest BCUT2D eigenvalue weighted by Gasteiger charge is -2.19. The van der Waals surface area contributed by atoms with Gasteiger partial charge in [0.2, 0.25) is 0 Å². The molecule has 100 valence electrons. The molecule has 0 radical (unpaired) electrons. The van der Waals surface area contributed by atoms with E-state index in [1.807, 2.05) is 6.92 Å². The van der Waals surface area contributed by atoms with Gasteiger partial charge in [0.25, 0.3) is 0 Å². The second-order valence-corrected chi connectivity index (χ2v) is 5.00. The highest BCUT2D eigenvalue weighted by atomic mass is 127. The number of aliphatic hydroxyl groups is 1. The van der Waals surface area contributed by atoms with Crippen molar-refractivity contribution < 1.29 is 5.11 Å². The Morgan fingerprint density at radius 3 is 2.88 bits per heavy atom. The molecule has 1 heterocycles. The molecule has 0 saturated carbocycles. The zero-order chi connectivity index (χ0) is 11.9. The minimum absolute atomic E-state index is 0. The van der Waals surface area contributed by atoms with Crippen LogP contribution in [0.25, 0.3) is 0 Å². The third-order valence-corrected chi connectivity index (χ3v) is 3.61. The molecular formula is C11H22IN3OS. The van der Waals surface area contributed by atoms with Gasteiger partial charge in [-0.2, -0.15) is 11.8 Å². The van der Waals surface area contributed by atoms with E-state index in [-0.39, 0.29) is 24.0 Å². The molecule has 0 aromatic heterocycles. The van der Waals surface area contributed by atoms with Crippen molar-refractivity contribution in [2.24, 2.45) is 4.99 Å². The zero-order valence-electron chi connectivity index (χ0n) is 10.2. The summed E-state index contributed by atoms with van der Waals surface area (Å²) in [6, 6.07) is 0. The summed E-state index contributed by atoms with van der Waals surface area (Å²) >= 11 is 1.79. The molecule has 1 rings (SSSR count). The van der Waals surface area contributed by atoms with E-state index in [4.69, 9.17) is 0 Å². The first-order chi connectivity index (χ1) is 7.70. The Bertz CT molecular complexity index is 255. The van der Waals surface area contributed by atoms with Crippen molar-refractivity contribution >= 4 is 41.7 Å². The van der Waals surface area contributed by atoms with Gasteiger partial charge in [-0.1, -0.05) is 6.08 Å². The monoisotopic (exact) mass is 371 g/mol. The maximum absolute atomic E-state index is 10.1. The van der Waals surface area contributed by atoms with Gasteiger partial charge in [-0.15, -0.1) is 30.6 Å². The van der Waals surface area contributed by atoms with Crippen LogP contribution in [0.1, 0.15) is 13.3 Å². The molecule has 1 unspecified atom stereocenters. The third kappa shape index (κ3) is 6.52. The lowest BCUT2D eigenvalue weighted by molar-refractivity contribution is 0.0778. The fourth-order valence-electron chi connectivity index (χ4n) is 1.46. The molecule has 1 aliphatic rings. The summed E-state index contributed by atoms with van der Waals surface area (Å²) in [5.41, 5.74) is -0.610. The average Bonchev–Trinajstić information content (AvgIpc) is 2.70. The smallest absolute Gasteiger partial charge is 0.191 e. The topological polar surface area (TPSA) is 56.7 Å². The number of rotatable bonds is 5. The fourth-order valence-corrected chi connectivity index (χ4v) is 2.74. The van der Waals surface area contributed by atoms with Crippen LogP contribution in [0.4, 0.5) is 0 Å². The highest BCUT2D eigenvalue weighted by Gasteiger charge is 2.31. The van der Waals surface area contributed by atoms with E-state index in [1.165, 1.54) is 0 Å². The van der Waals surface area contributed by atoms with Gasteiger partial charge in [0.1, 0.15) is 0 Å². The number of guanidine groups is 1. The molecule has 0 aromatic rings. The minimum atomic E-state index is -0.610. The van der Waals surface area contributed by atoms with E-state index in [0.29, 0.717) is 13.1 Å². The number of nitrogens with one attached hydrogen (secondary N) is 2. The summed E-state index contributed by atoms with van der Waals surface area (Å²) in [4.78, 5) is 4.39. The van der Waals surface area contributed by atoms with Crippen molar-refractivity contribution in [1.82, 2.24) is 10.6 Å². The quantitative estimate of drug-likeness (QED) is 0.294. The number of aliphatic imine (C=N–C) groups is 1. The van der Waals surface area contributed by atoms with E-state index < -0.39 is 5.60 Å². The molecule has 0 aliphatic carbocycles. The average molecular weight is 371 g/mol. The van der Waals surface area contributed by atoms with Gasteiger partial charge in [0, 0.05) is 18.8 Å². The second kappa shape index (κ2) is 9.04. The van der Waals surface area contributed by atoms with E-state index >= 15 is 0 Å². The first-order valence-corrected chi connectivity index (χ1v) is 6.79. The molecule has 0 spiro atoms. The van der Waals surface area contributed by atoms with Crippen LogP contribution in [-0.2, 0) is 0 Å². The van der Waals surface area contributed by atoms with Gasteiger partial charge in [-0.3, -0.25) is 4.99 Å². The van der Waals surface area contributed by atoms with Crippen LogP contribution in [-0.4, -0.2) is 47.8 Å². The van der Waals surface area contributed by atoms with E-state index in [9.17, 15) is 5.11 Å². The molecule has 4 nitrogen and oxygen atoms in total. The van der Waals surface area contributed by atoms with Crippen molar-refractivity contribution in [2.75, 3.05) is 31.1 Å². The Morgan fingerprint density at radius 2 is 2.35 bits per heavy atom. The highest BCUT2D eigenvalue weighted by molar-refractivity contribution is 14.0. The fraction of sp³-hybridized carbons (Fsp3) is 0.727. The van der Waals surface area contributed by atoms with Crippen molar-refractivity contribution in [3.05, 3.63) is 12.7 Å². The highest BCUT2D eigenvalue weighted by Crippen LogP contribution is 2.27. The molecular weight excluding hydrogens is 349 g/mol. The summed E-state index contributed by atoms with van der Waals surface area (Å²) in [6.07, 6.45) is 2.62. The van der Waals surface area contributed by atoms with Crippen molar-refractivity contribution in [3.8, 4) is 0 Å². The lowest BCUT2D eigenvalue weighted by atomic mass is 10.1. The Balaban J connectivity index is 0.00000256. The summed E-state index contributed by atoms with van der Waals surface area (Å²) in [5.74, 6) is 2.56. The summed E-state index contributed by atoms with van der Waals surface area (Å²) in [7, 11) is 0. The van der Waals surface area contributed by atoms with Crippen molar-refractivity contribution in [1.29, 1.82) is 0 Å². The molecule has 1 fully saturated rings. The normalized spacial score (nSPS) is 24.0. The number of halogens is 1. The summed E-state index contributed by atoms with van der Waals surface area (Å²) in [5, 5.41) is 16.4. The van der Waals surface area contributed by atoms with Gasteiger partial charge in [-0.05, 0) is 19.1 Å². The van der Waals surface area contributed by atoms with Crippen molar-refractivity contribution in [3.63, 3.8) is 0 Å². The van der Waals surface area contributed by atoms with Crippen LogP contribution < -0.4 is 10.6 Å². The Labute approximate surface area is 125 Å². The largest absolute Gasteiger partial charge is 0.387 e. The van der Waals surface area contributed by atoms with Gasteiger partial charge >= 0.3 is 0 Å². The molecule has 1 atom stereocenters. The van der Waals surface area contributed by atoms with Crippen LogP contribution in [0.5, 0.6) is 0 Å². The second-order valence-electron chi connectivity index (χ2n) is 3.89. The molecule has 1 aliphatic heterocycles. The van der Waals surface area contributed by atoms with Gasteiger partial charge < -0.3 is 15.7 Å². The molecule has 1 saturated heterocycles. The summed E-state index contributed by atoms with van der Waals surface area (Å²) in [6.45, 7) is 7.63.